The van der Waals surface area contributed by atoms with Crippen LogP contribution in [0, 0.1) is 6.92 Å². The third kappa shape index (κ3) is 4.67. The number of nitrogens with one attached hydrogen (secondary N) is 1. The van der Waals surface area contributed by atoms with Crippen LogP contribution in [0.25, 0.3) is 0 Å². The molecule has 0 bridgehead atoms. The SMILES string of the molecule is Cc1cccc([S@](=O)Cc2ccc(C(=O)NCc3ccccc3)o2)c1. The Morgan fingerprint density at radius 2 is 1.84 bits per heavy atom. The van der Waals surface area contributed by atoms with Crippen LogP contribution in [0.3, 0.4) is 0 Å². The Hall–Kier alpha value is -2.66. The van der Waals surface area contributed by atoms with Gasteiger partial charge in [-0.2, -0.15) is 0 Å². The highest BCUT2D eigenvalue weighted by Gasteiger charge is 2.13. The van der Waals surface area contributed by atoms with Crippen LogP contribution >= 0.6 is 0 Å². The number of amides is 1. The molecular formula is C20H19NO3S. The molecule has 3 aromatic rings. The zero-order valence-corrected chi connectivity index (χ0v) is 14.7. The van der Waals surface area contributed by atoms with Crippen LogP contribution in [0.2, 0.25) is 0 Å². The maximum atomic E-state index is 12.4. The van der Waals surface area contributed by atoms with Crippen molar-refractivity contribution in [3.05, 3.63) is 89.4 Å². The number of rotatable bonds is 6. The molecule has 1 amide bonds. The molecule has 5 heteroatoms. The third-order valence-electron chi connectivity index (χ3n) is 3.71. The van der Waals surface area contributed by atoms with Crippen LogP contribution in [0.4, 0.5) is 0 Å². The largest absolute Gasteiger partial charge is 0.455 e. The summed E-state index contributed by atoms with van der Waals surface area (Å²) in [6.07, 6.45) is 0. The lowest BCUT2D eigenvalue weighted by Crippen LogP contribution is -2.22. The summed E-state index contributed by atoms with van der Waals surface area (Å²) in [4.78, 5) is 12.9. The highest BCUT2D eigenvalue weighted by Crippen LogP contribution is 2.16. The van der Waals surface area contributed by atoms with Crippen molar-refractivity contribution in [2.24, 2.45) is 0 Å². The molecule has 0 unspecified atom stereocenters. The summed E-state index contributed by atoms with van der Waals surface area (Å²) in [7, 11) is -1.20. The van der Waals surface area contributed by atoms with Gasteiger partial charge in [0.1, 0.15) is 5.76 Å². The second-order valence-electron chi connectivity index (χ2n) is 5.74. The number of hydrogen-bond donors (Lipinski definition) is 1. The number of benzene rings is 2. The Bertz CT molecular complexity index is 887. The molecule has 2 aromatic carbocycles. The molecule has 0 radical (unpaired) electrons. The van der Waals surface area contributed by atoms with E-state index in [1.54, 1.807) is 12.1 Å². The third-order valence-corrected chi connectivity index (χ3v) is 5.03. The normalized spacial score (nSPS) is 11.9. The van der Waals surface area contributed by atoms with E-state index in [0.717, 1.165) is 16.0 Å². The average Bonchev–Trinajstić information content (AvgIpc) is 3.09. The number of carbonyl (C=O) groups is 1. The van der Waals surface area contributed by atoms with Gasteiger partial charge in [0.2, 0.25) is 0 Å². The van der Waals surface area contributed by atoms with E-state index in [-0.39, 0.29) is 17.4 Å². The lowest BCUT2D eigenvalue weighted by atomic mass is 10.2. The molecule has 3 rings (SSSR count). The number of aryl methyl sites for hydroxylation is 1. The molecule has 1 aromatic heterocycles. The number of furan rings is 1. The highest BCUT2D eigenvalue weighted by atomic mass is 32.2. The van der Waals surface area contributed by atoms with E-state index in [1.165, 1.54) is 0 Å². The predicted molar refractivity (Wildman–Crippen MR) is 97.6 cm³/mol. The Labute approximate surface area is 149 Å². The van der Waals surface area contributed by atoms with Crippen molar-refractivity contribution in [1.29, 1.82) is 0 Å². The van der Waals surface area contributed by atoms with Gasteiger partial charge < -0.3 is 9.73 Å². The molecule has 0 saturated heterocycles. The summed E-state index contributed by atoms with van der Waals surface area (Å²) in [6.45, 7) is 2.40. The summed E-state index contributed by atoms with van der Waals surface area (Å²) in [6, 6.07) is 20.5. The van der Waals surface area contributed by atoms with Gasteiger partial charge in [0.25, 0.3) is 5.91 Å². The summed E-state index contributed by atoms with van der Waals surface area (Å²) in [5.41, 5.74) is 2.08. The minimum absolute atomic E-state index is 0.229. The second-order valence-corrected chi connectivity index (χ2v) is 7.19. The van der Waals surface area contributed by atoms with Gasteiger partial charge in [0.15, 0.2) is 5.76 Å². The zero-order valence-electron chi connectivity index (χ0n) is 13.9. The van der Waals surface area contributed by atoms with E-state index in [0.29, 0.717) is 12.3 Å². The fourth-order valence-corrected chi connectivity index (χ4v) is 3.54. The van der Waals surface area contributed by atoms with E-state index in [9.17, 15) is 9.00 Å². The molecule has 0 aliphatic rings. The topological polar surface area (TPSA) is 59.3 Å². The Morgan fingerprint density at radius 1 is 1.04 bits per heavy atom. The maximum Gasteiger partial charge on any atom is 0.287 e. The van der Waals surface area contributed by atoms with Crippen LogP contribution in [0.15, 0.2) is 76.0 Å². The van der Waals surface area contributed by atoms with Crippen molar-refractivity contribution in [1.82, 2.24) is 5.32 Å². The molecule has 128 valence electrons. The van der Waals surface area contributed by atoms with Gasteiger partial charge in [0.05, 0.1) is 16.6 Å². The molecule has 0 aliphatic heterocycles. The summed E-state index contributed by atoms with van der Waals surface area (Å²) >= 11 is 0. The fraction of sp³-hybridized carbons (Fsp3) is 0.150. The minimum atomic E-state index is -1.20. The first-order chi connectivity index (χ1) is 12.1. The van der Waals surface area contributed by atoms with Gasteiger partial charge >= 0.3 is 0 Å². The van der Waals surface area contributed by atoms with Crippen molar-refractivity contribution < 1.29 is 13.4 Å². The van der Waals surface area contributed by atoms with Crippen LogP contribution < -0.4 is 5.32 Å². The highest BCUT2D eigenvalue weighted by molar-refractivity contribution is 7.84. The van der Waals surface area contributed by atoms with Crippen LogP contribution in [-0.4, -0.2) is 10.1 Å². The number of carbonyl (C=O) groups excluding carboxylic acids is 1. The molecule has 4 nitrogen and oxygen atoms in total. The second kappa shape index (κ2) is 7.94. The van der Waals surface area contributed by atoms with Crippen LogP contribution in [-0.2, 0) is 23.1 Å². The molecule has 0 saturated carbocycles. The molecule has 1 heterocycles. The van der Waals surface area contributed by atoms with E-state index in [4.69, 9.17) is 4.42 Å². The van der Waals surface area contributed by atoms with Gasteiger partial charge in [-0.05, 0) is 42.3 Å². The fourth-order valence-electron chi connectivity index (χ4n) is 2.41. The smallest absolute Gasteiger partial charge is 0.287 e. The van der Waals surface area contributed by atoms with Gasteiger partial charge in [-0.15, -0.1) is 0 Å². The van der Waals surface area contributed by atoms with Gasteiger partial charge in [0, 0.05) is 11.4 Å². The van der Waals surface area contributed by atoms with E-state index < -0.39 is 10.8 Å². The molecule has 0 fully saturated rings. The Morgan fingerprint density at radius 3 is 2.60 bits per heavy atom. The van der Waals surface area contributed by atoms with Crippen molar-refractivity contribution in [3.8, 4) is 0 Å². The standard InChI is InChI=1S/C20H19NO3S/c1-15-6-5-9-18(12-15)25(23)14-17-10-11-19(24-17)20(22)21-13-16-7-3-2-4-8-16/h2-12H,13-14H2,1H3,(H,21,22)/t25-/m1/s1. The Kier molecular flexibility index (Phi) is 5.46. The van der Waals surface area contributed by atoms with Crippen molar-refractivity contribution in [3.63, 3.8) is 0 Å². The number of hydrogen-bond acceptors (Lipinski definition) is 3. The van der Waals surface area contributed by atoms with E-state index in [2.05, 4.69) is 5.32 Å². The summed E-state index contributed by atoms with van der Waals surface area (Å²) < 4.78 is 18.0. The predicted octanol–water partition coefficient (Wildman–Crippen LogP) is 3.83. The maximum absolute atomic E-state index is 12.4. The quantitative estimate of drug-likeness (QED) is 0.733. The van der Waals surface area contributed by atoms with E-state index in [1.807, 2.05) is 61.5 Å². The minimum Gasteiger partial charge on any atom is -0.455 e. The molecular weight excluding hydrogens is 334 g/mol. The molecule has 25 heavy (non-hydrogen) atoms. The first kappa shape index (κ1) is 17.2. The summed E-state index contributed by atoms with van der Waals surface area (Å²) in [5.74, 6) is 0.725. The zero-order chi connectivity index (χ0) is 17.6. The Balaban J connectivity index is 1.60. The summed E-state index contributed by atoms with van der Waals surface area (Å²) in [5, 5.41) is 2.81. The van der Waals surface area contributed by atoms with Crippen LogP contribution in [0.1, 0.15) is 27.4 Å². The first-order valence-corrected chi connectivity index (χ1v) is 9.29. The van der Waals surface area contributed by atoms with Crippen molar-refractivity contribution >= 4 is 16.7 Å². The van der Waals surface area contributed by atoms with Crippen molar-refractivity contribution in [2.75, 3.05) is 0 Å². The first-order valence-electron chi connectivity index (χ1n) is 7.98. The van der Waals surface area contributed by atoms with Crippen LogP contribution in [0.5, 0.6) is 0 Å². The molecule has 1 atom stereocenters. The van der Waals surface area contributed by atoms with E-state index >= 15 is 0 Å². The molecule has 0 aliphatic carbocycles. The average molecular weight is 353 g/mol. The van der Waals surface area contributed by atoms with Gasteiger partial charge in [-0.3, -0.25) is 9.00 Å². The lowest BCUT2D eigenvalue weighted by Gasteiger charge is -2.03. The molecule has 1 N–H and O–H groups in total. The van der Waals surface area contributed by atoms with Gasteiger partial charge in [-0.1, -0.05) is 42.5 Å². The van der Waals surface area contributed by atoms with Crippen molar-refractivity contribution in [2.45, 2.75) is 24.1 Å². The monoisotopic (exact) mass is 353 g/mol. The molecule has 0 spiro atoms. The lowest BCUT2D eigenvalue weighted by molar-refractivity contribution is 0.0921. The van der Waals surface area contributed by atoms with Gasteiger partial charge in [-0.25, -0.2) is 0 Å².